The summed E-state index contributed by atoms with van der Waals surface area (Å²) >= 11 is 16.1. The maximum atomic E-state index is 5.97. The van der Waals surface area contributed by atoms with E-state index in [0.717, 1.165) is 12.0 Å². The fourth-order valence-corrected chi connectivity index (χ4v) is 1.62. The Morgan fingerprint density at radius 1 is 1.42 bits per heavy atom. The van der Waals surface area contributed by atoms with Crippen molar-refractivity contribution in [2.45, 2.75) is 18.6 Å². The number of hydrogen-bond acceptors (Lipinski definition) is 1. The van der Waals surface area contributed by atoms with Gasteiger partial charge in [0, 0.05) is 5.25 Å². The number of hydrogen-bond donors (Lipinski definition) is 1. The molecule has 0 aliphatic carbocycles. The molecule has 0 aromatic heterocycles. The molecule has 0 radical (unpaired) electrons. The molecule has 1 aromatic rings. The molecule has 0 saturated carbocycles. The van der Waals surface area contributed by atoms with Crippen molar-refractivity contribution in [1.82, 2.24) is 0 Å². The second-order valence-corrected chi connectivity index (χ2v) is 4.43. The lowest BCUT2D eigenvalue weighted by molar-refractivity contribution is 0.951. The number of rotatable bonds is 2. The average molecular weight is 221 g/mol. The van der Waals surface area contributed by atoms with Crippen LogP contribution in [0, 0.1) is 0 Å². The first-order chi connectivity index (χ1) is 5.61. The fourth-order valence-electron chi connectivity index (χ4n) is 1.02. The van der Waals surface area contributed by atoms with Gasteiger partial charge in [0.25, 0.3) is 0 Å². The molecule has 1 unspecified atom stereocenters. The molecule has 1 aromatic carbocycles. The third-order valence-corrected chi connectivity index (χ3v) is 2.59. The number of halogens is 2. The van der Waals surface area contributed by atoms with Gasteiger partial charge in [0.2, 0.25) is 0 Å². The Kier molecular flexibility index (Phi) is 3.76. The molecule has 0 aliphatic heterocycles. The first kappa shape index (κ1) is 10.2. The lowest BCUT2D eigenvalue weighted by atomic mass is 10.1. The Bertz CT molecular complexity index is 271. The summed E-state index contributed by atoms with van der Waals surface area (Å²) < 4.78 is 0. The van der Waals surface area contributed by atoms with E-state index < -0.39 is 0 Å². The molecule has 0 saturated heterocycles. The molecule has 0 spiro atoms. The number of thiol groups is 1. The average Bonchev–Trinajstić information content (AvgIpc) is 1.98. The topological polar surface area (TPSA) is 0 Å². The van der Waals surface area contributed by atoms with Gasteiger partial charge in [0.15, 0.2) is 0 Å². The lowest BCUT2D eigenvalue weighted by Gasteiger charge is -2.07. The van der Waals surface area contributed by atoms with E-state index in [-0.39, 0.29) is 0 Å². The van der Waals surface area contributed by atoms with Crippen molar-refractivity contribution >= 4 is 35.8 Å². The van der Waals surface area contributed by atoms with Crippen molar-refractivity contribution in [3.63, 3.8) is 0 Å². The Labute approximate surface area is 88.3 Å². The van der Waals surface area contributed by atoms with E-state index in [9.17, 15) is 0 Å². The molecular weight excluding hydrogens is 211 g/mol. The minimum atomic E-state index is 0.306. The van der Waals surface area contributed by atoms with Crippen LogP contribution in [0.1, 0.15) is 12.5 Å². The van der Waals surface area contributed by atoms with Crippen molar-refractivity contribution in [3.05, 3.63) is 33.8 Å². The summed E-state index contributed by atoms with van der Waals surface area (Å²) in [6.45, 7) is 2.03. The van der Waals surface area contributed by atoms with Crippen LogP contribution in [-0.4, -0.2) is 5.25 Å². The van der Waals surface area contributed by atoms with Crippen LogP contribution >= 0.6 is 35.8 Å². The minimum Gasteiger partial charge on any atom is -0.176 e. The largest absolute Gasteiger partial charge is 0.176 e. The SMILES string of the molecule is CC(S)Cc1cccc(Cl)c1Cl. The van der Waals surface area contributed by atoms with E-state index in [1.165, 1.54) is 0 Å². The molecule has 66 valence electrons. The van der Waals surface area contributed by atoms with Gasteiger partial charge in [-0.2, -0.15) is 12.6 Å². The van der Waals surface area contributed by atoms with E-state index >= 15 is 0 Å². The third-order valence-electron chi connectivity index (χ3n) is 1.55. The molecule has 0 nitrogen and oxygen atoms in total. The summed E-state index contributed by atoms with van der Waals surface area (Å²) in [7, 11) is 0. The van der Waals surface area contributed by atoms with Crippen molar-refractivity contribution < 1.29 is 0 Å². The summed E-state index contributed by atoms with van der Waals surface area (Å²) in [5.41, 5.74) is 1.06. The highest BCUT2D eigenvalue weighted by atomic mass is 35.5. The predicted octanol–water partition coefficient (Wildman–Crippen LogP) is 3.85. The lowest BCUT2D eigenvalue weighted by Crippen LogP contribution is -1.97. The molecule has 0 heterocycles. The normalized spacial score (nSPS) is 13.0. The molecule has 0 fully saturated rings. The van der Waals surface area contributed by atoms with Crippen LogP contribution < -0.4 is 0 Å². The Balaban J connectivity index is 2.92. The van der Waals surface area contributed by atoms with Crippen LogP contribution in [-0.2, 0) is 6.42 Å². The van der Waals surface area contributed by atoms with Crippen molar-refractivity contribution in [2.75, 3.05) is 0 Å². The molecule has 0 bridgehead atoms. The highest BCUT2D eigenvalue weighted by molar-refractivity contribution is 7.80. The van der Waals surface area contributed by atoms with Gasteiger partial charge >= 0.3 is 0 Å². The highest BCUT2D eigenvalue weighted by Gasteiger charge is 2.05. The zero-order valence-electron chi connectivity index (χ0n) is 6.72. The second kappa shape index (κ2) is 4.40. The first-order valence-corrected chi connectivity index (χ1v) is 4.99. The van der Waals surface area contributed by atoms with Gasteiger partial charge in [0.05, 0.1) is 10.0 Å². The van der Waals surface area contributed by atoms with Gasteiger partial charge in [-0.25, -0.2) is 0 Å². The quantitative estimate of drug-likeness (QED) is 0.720. The molecular formula is C9H10Cl2S. The molecule has 1 atom stereocenters. The van der Waals surface area contributed by atoms with E-state index in [2.05, 4.69) is 12.6 Å². The number of benzene rings is 1. The van der Waals surface area contributed by atoms with Gasteiger partial charge in [-0.3, -0.25) is 0 Å². The van der Waals surface area contributed by atoms with Gasteiger partial charge in [-0.05, 0) is 18.1 Å². The van der Waals surface area contributed by atoms with Crippen LogP contribution in [0.4, 0.5) is 0 Å². The summed E-state index contributed by atoms with van der Waals surface area (Å²) in [6, 6.07) is 5.66. The van der Waals surface area contributed by atoms with Crippen LogP contribution in [0.5, 0.6) is 0 Å². The summed E-state index contributed by atoms with van der Waals surface area (Å²) in [5, 5.41) is 1.57. The van der Waals surface area contributed by atoms with Crippen molar-refractivity contribution in [2.24, 2.45) is 0 Å². The molecule has 0 aliphatic rings. The minimum absolute atomic E-state index is 0.306. The zero-order valence-corrected chi connectivity index (χ0v) is 9.13. The smallest absolute Gasteiger partial charge is 0.0624 e. The van der Waals surface area contributed by atoms with Gasteiger partial charge in [-0.1, -0.05) is 42.3 Å². The van der Waals surface area contributed by atoms with Crippen LogP contribution in [0.3, 0.4) is 0 Å². The molecule has 0 amide bonds. The summed E-state index contributed by atoms with van der Waals surface area (Å²) in [6.07, 6.45) is 0.850. The predicted molar refractivity (Wildman–Crippen MR) is 58.6 cm³/mol. The Morgan fingerprint density at radius 3 is 2.67 bits per heavy atom. The maximum Gasteiger partial charge on any atom is 0.0624 e. The molecule has 3 heteroatoms. The zero-order chi connectivity index (χ0) is 9.14. The van der Waals surface area contributed by atoms with Crippen LogP contribution in [0.25, 0.3) is 0 Å². The van der Waals surface area contributed by atoms with Crippen molar-refractivity contribution in [3.8, 4) is 0 Å². The van der Waals surface area contributed by atoms with Gasteiger partial charge in [0.1, 0.15) is 0 Å². The second-order valence-electron chi connectivity index (χ2n) is 2.77. The first-order valence-electron chi connectivity index (χ1n) is 3.72. The molecule has 12 heavy (non-hydrogen) atoms. The maximum absolute atomic E-state index is 5.97. The standard InChI is InChI=1S/C9H10Cl2S/c1-6(12)5-7-3-2-4-8(10)9(7)11/h2-4,6,12H,5H2,1H3. The van der Waals surface area contributed by atoms with E-state index in [4.69, 9.17) is 23.2 Å². The summed E-state index contributed by atoms with van der Waals surface area (Å²) in [4.78, 5) is 0. The van der Waals surface area contributed by atoms with Gasteiger partial charge < -0.3 is 0 Å². The third kappa shape index (κ3) is 2.58. The monoisotopic (exact) mass is 220 g/mol. The molecule has 0 N–H and O–H groups in total. The fraction of sp³-hybridized carbons (Fsp3) is 0.333. The Morgan fingerprint density at radius 2 is 2.08 bits per heavy atom. The van der Waals surface area contributed by atoms with E-state index in [1.807, 2.05) is 19.1 Å². The highest BCUT2D eigenvalue weighted by Crippen LogP contribution is 2.26. The summed E-state index contributed by atoms with van der Waals surface area (Å²) in [5.74, 6) is 0. The van der Waals surface area contributed by atoms with Crippen LogP contribution in [0.2, 0.25) is 10.0 Å². The van der Waals surface area contributed by atoms with Crippen molar-refractivity contribution in [1.29, 1.82) is 0 Å². The Hall–Kier alpha value is 0.150. The van der Waals surface area contributed by atoms with E-state index in [0.29, 0.717) is 15.3 Å². The van der Waals surface area contributed by atoms with E-state index in [1.54, 1.807) is 6.07 Å². The molecule has 1 rings (SSSR count). The van der Waals surface area contributed by atoms with Gasteiger partial charge in [-0.15, -0.1) is 0 Å². The van der Waals surface area contributed by atoms with Crippen LogP contribution in [0.15, 0.2) is 18.2 Å².